The molecule has 0 fully saturated rings. The first-order valence-corrected chi connectivity index (χ1v) is 12.2. The third kappa shape index (κ3) is 4.37. The Morgan fingerprint density at radius 3 is 2.63 bits per heavy atom. The van der Waals surface area contributed by atoms with E-state index >= 15 is 0 Å². The van der Waals surface area contributed by atoms with Crippen molar-refractivity contribution in [2.75, 3.05) is 6.61 Å². The third-order valence-corrected chi connectivity index (χ3v) is 7.60. The zero-order valence-corrected chi connectivity index (χ0v) is 20.2. The van der Waals surface area contributed by atoms with Gasteiger partial charge in [0, 0.05) is 5.03 Å². The molecule has 178 valence electrons. The van der Waals surface area contributed by atoms with Crippen LogP contribution in [0.25, 0.3) is 0 Å². The smallest absolute Gasteiger partial charge is 0.296 e. The Balaban J connectivity index is 1.50. The minimum atomic E-state index is -1.02. The van der Waals surface area contributed by atoms with E-state index in [9.17, 15) is 19.1 Å². The maximum atomic E-state index is 13.7. The number of hydrogen-bond acceptors (Lipinski definition) is 6. The molecule has 2 heterocycles. The predicted molar refractivity (Wildman–Crippen MR) is 133 cm³/mol. The van der Waals surface area contributed by atoms with Crippen molar-refractivity contribution in [1.82, 2.24) is 4.90 Å². The molecule has 10 heteroatoms. The molecular formula is C25H17Cl2FN2O4S. The first kappa shape index (κ1) is 23.7. The summed E-state index contributed by atoms with van der Waals surface area (Å²) in [6.45, 7) is -0.468. The number of benzene rings is 2. The van der Waals surface area contributed by atoms with Gasteiger partial charge in [-0.15, -0.1) is 0 Å². The number of amides is 1. The van der Waals surface area contributed by atoms with Gasteiger partial charge in [-0.05, 0) is 35.9 Å². The lowest BCUT2D eigenvalue weighted by Gasteiger charge is -2.26. The van der Waals surface area contributed by atoms with Crippen LogP contribution in [0.5, 0.6) is 5.75 Å². The number of hydrogen-bond donors (Lipinski definition) is 1. The Morgan fingerprint density at radius 1 is 1.17 bits per heavy atom. The molecule has 1 N–H and O–H groups in total. The van der Waals surface area contributed by atoms with Gasteiger partial charge < -0.3 is 9.84 Å². The van der Waals surface area contributed by atoms with Crippen LogP contribution >= 0.6 is 35.0 Å². The zero-order chi connectivity index (χ0) is 24.7. The highest BCUT2D eigenvalue weighted by molar-refractivity contribution is 8.14. The van der Waals surface area contributed by atoms with Gasteiger partial charge in [-0.3, -0.25) is 19.5 Å². The van der Waals surface area contributed by atoms with Crippen LogP contribution in [0.1, 0.15) is 11.6 Å². The second-order valence-corrected chi connectivity index (χ2v) is 9.90. The zero-order valence-electron chi connectivity index (χ0n) is 17.9. The number of nitrogens with zero attached hydrogens (tertiary/aromatic N) is 2. The Hall–Kier alpha value is -3.07. The number of carbonyl (C=O) groups excluding carboxylic acids is 2. The highest BCUT2D eigenvalue weighted by atomic mass is 35.5. The second-order valence-electron chi connectivity index (χ2n) is 7.91. The summed E-state index contributed by atoms with van der Waals surface area (Å²) in [6, 6.07) is 10.6. The molecule has 6 nitrogen and oxygen atoms in total. The van der Waals surface area contributed by atoms with Crippen molar-refractivity contribution in [3.63, 3.8) is 0 Å². The number of fused-ring (bicyclic) bond motifs is 1. The Kier molecular flexibility index (Phi) is 6.44. The van der Waals surface area contributed by atoms with Gasteiger partial charge in [0.2, 0.25) is 5.78 Å². The van der Waals surface area contributed by atoms with Crippen LogP contribution in [0.3, 0.4) is 0 Å². The van der Waals surface area contributed by atoms with Crippen LogP contribution in [0, 0.1) is 5.82 Å². The van der Waals surface area contributed by atoms with Gasteiger partial charge in [-0.2, -0.15) is 0 Å². The fourth-order valence-corrected chi connectivity index (χ4v) is 5.83. The fourth-order valence-electron chi connectivity index (χ4n) is 4.08. The number of thioether (sulfide) groups is 1. The molecule has 35 heavy (non-hydrogen) atoms. The van der Waals surface area contributed by atoms with E-state index in [2.05, 4.69) is 4.99 Å². The van der Waals surface area contributed by atoms with Crippen molar-refractivity contribution in [2.45, 2.75) is 17.3 Å². The highest BCUT2D eigenvalue weighted by Crippen LogP contribution is 2.44. The average molecular weight is 531 g/mol. The lowest BCUT2D eigenvalue weighted by Crippen LogP contribution is -2.35. The molecule has 0 radical (unpaired) electrons. The number of para-hydroxylation sites is 1. The van der Waals surface area contributed by atoms with E-state index in [1.54, 1.807) is 30.3 Å². The standard InChI is InChI=1S/C25H17Cl2FN2O4S/c26-15-4-1-2-6-18(15)34-12-17(31)20-22(13-8-10-14(28)11-9-13)30(24(33)23(20)32)25-29-21-16(27)5-3-7-19(21)35-25/h1-11,19,21-22,32H,12H2. The number of ether oxygens (including phenoxy) is 1. The molecule has 2 aromatic carbocycles. The van der Waals surface area contributed by atoms with E-state index in [1.165, 1.54) is 40.9 Å². The molecular weight excluding hydrogens is 514 g/mol. The van der Waals surface area contributed by atoms with Crippen molar-refractivity contribution >= 4 is 51.8 Å². The van der Waals surface area contributed by atoms with Crippen LogP contribution in [0.2, 0.25) is 5.02 Å². The van der Waals surface area contributed by atoms with E-state index in [0.717, 1.165) is 0 Å². The topological polar surface area (TPSA) is 79.2 Å². The summed E-state index contributed by atoms with van der Waals surface area (Å²) in [5.41, 5.74) is 0.268. The maximum absolute atomic E-state index is 13.7. The van der Waals surface area contributed by atoms with Crippen LogP contribution in [-0.4, -0.2) is 44.8 Å². The monoisotopic (exact) mass is 530 g/mol. The van der Waals surface area contributed by atoms with Gasteiger partial charge in [0.1, 0.15) is 17.6 Å². The number of Topliss-reactive ketones (excluding diaryl/α,β-unsaturated/α-hetero) is 1. The molecule has 1 amide bonds. The van der Waals surface area contributed by atoms with Crippen molar-refractivity contribution in [3.8, 4) is 5.75 Å². The van der Waals surface area contributed by atoms with Crippen LogP contribution in [-0.2, 0) is 9.59 Å². The SMILES string of the molecule is O=C(COc1ccccc1Cl)C1=C(O)C(=O)N(C2=NC3C(Cl)=CC=CC3S2)C1c1ccc(F)cc1. The second kappa shape index (κ2) is 9.53. The molecule has 1 aliphatic carbocycles. The van der Waals surface area contributed by atoms with Gasteiger partial charge in [0.25, 0.3) is 5.91 Å². The molecule has 2 aromatic rings. The van der Waals surface area contributed by atoms with E-state index < -0.39 is 35.9 Å². The van der Waals surface area contributed by atoms with Crippen molar-refractivity contribution in [3.05, 3.63) is 99.5 Å². The minimum Gasteiger partial charge on any atom is -0.503 e. The number of amidine groups is 1. The summed E-state index contributed by atoms with van der Waals surface area (Å²) < 4.78 is 19.2. The lowest BCUT2D eigenvalue weighted by atomic mass is 9.96. The maximum Gasteiger partial charge on any atom is 0.296 e. The molecule has 3 atom stereocenters. The molecule has 0 bridgehead atoms. The fraction of sp³-hybridized carbons (Fsp3) is 0.160. The summed E-state index contributed by atoms with van der Waals surface area (Å²) in [6.07, 6.45) is 5.46. The Morgan fingerprint density at radius 2 is 1.91 bits per heavy atom. The van der Waals surface area contributed by atoms with E-state index in [1.807, 2.05) is 12.2 Å². The molecule has 3 aliphatic rings. The van der Waals surface area contributed by atoms with Crippen LogP contribution in [0.15, 0.2) is 88.1 Å². The summed E-state index contributed by atoms with van der Waals surface area (Å²) in [5.74, 6) is -2.30. The number of ketones is 1. The number of aliphatic hydroxyl groups excluding tert-OH is 1. The third-order valence-electron chi connectivity index (χ3n) is 5.74. The molecule has 3 unspecified atom stereocenters. The summed E-state index contributed by atoms with van der Waals surface area (Å²) in [7, 11) is 0. The first-order chi connectivity index (χ1) is 16.8. The lowest BCUT2D eigenvalue weighted by molar-refractivity contribution is -0.125. The number of allylic oxidation sites excluding steroid dienone is 2. The van der Waals surface area contributed by atoms with Crippen LogP contribution in [0.4, 0.5) is 4.39 Å². The number of aliphatic imine (C=N–C) groups is 1. The molecule has 5 rings (SSSR count). The van der Waals surface area contributed by atoms with E-state index in [-0.39, 0.29) is 22.6 Å². The number of rotatable bonds is 5. The van der Waals surface area contributed by atoms with Crippen LogP contribution < -0.4 is 4.74 Å². The van der Waals surface area contributed by atoms with Crippen molar-refractivity contribution < 1.29 is 23.8 Å². The molecule has 0 saturated carbocycles. The average Bonchev–Trinajstić information content (AvgIpc) is 3.39. The Bertz CT molecular complexity index is 1340. The number of carbonyl (C=O) groups is 2. The van der Waals surface area contributed by atoms with Gasteiger partial charge in [-0.25, -0.2) is 4.39 Å². The van der Waals surface area contributed by atoms with Gasteiger partial charge in [-0.1, -0.05) is 71.4 Å². The molecule has 0 saturated heterocycles. The molecule has 0 spiro atoms. The van der Waals surface area contributed by atoms with E-state index in [4.69, 9.17) is 27.9 Å². The summed E-state index contributed by atoms with van der Waals surface area (Å²) >= 11 is 13.7. The molecule has 2 aliphatic heterocycles. The normalized spacial score (nSPS) is 23.3. The van der Waals surface area contributed by atoms with E-state index in [0.29, 0.717) is 20.8 Å². The van der Waals surface area contributed by atoms with Crippen molar-refractivity contribution in [2.24, 2.45) is 4.99 Å². The summed E-state index contributed by atoms with van der Waals surface area (Å²) in [5, 5.41) is 11.8. The predicted octanol–water partition coefficient (Wildman–Crippen LogP) is 5.36. The quantitative estimate of drug-likeness (QED) is 0.563. The largest absolute Gasteiger partial charge is 0.503 e. The van der Waals surface area contributed by atoms with Gasteiger partial charge in [0.15, 0.2) is 17.5 Å². The van der Waals surface area contributed by atoms with Gasteiger partial charge in [0.05, 0.1) is 21.9 Å². The number of halogens is 3. The van der Waals surface area contributed by atoms with Crippen molar-refractivity contribution in [1.29, 1.82) is 0 Å². The highest BCUT2D eigenvalue weighted by Gasteiger charge is 2.48. The Labute approximate surface area is 214 Å². The molecule has 0 aromatic heterocycles. The number of aliphatic hydroxyl groups is 1. The minimum absolute atomic E-state index is 0.130. The van der Waals surface area contributed by atoms with Gasteiger partial charge >= 0.3 is 0 Å². The summed E-state index contributed by atoms with van der Waals surface area (Å²) in [4.78, 5) is 32.4. The first-order valence-electron chi connectivity index (χ1n) is 10.6.